The summed E-state index contributed by atoms with van der Waals surface area (Å²) in [7, 11) is 0. The van der Waals surface area contributed by atoms with Gasteiger partial charge in [-0.25, -0.2) is 4.98 Å². The summed E-state index contributed by atoms with van der Waals surface area (Å²) in [6.45, 7) is 4.24. The first-order chi connectivity index (χ1) is 15.6. The number of amides is 2. The van der Waals surface area contributed by atoms with Gasteiger partial charge in [-0.1, -0.05) is 55.3 Å². The van der Waals surface area contributed by atoms with Gasteiger partial charge in [0.25, 0.3) is 0 Å². The molecule has 2 amide bonds. The Morgan fingerprint density at radius 1 is 0.969 bits per heavy atom. The van der Waals surface area contributed by atoms with Crippen molar-refractivity contribution in [3.05, 3.63) is 66.0 Å². The van der Waals surface area contributed by atoms with Crippen LogP contribution in [-0.4, -0.2) is 39.4 Å². The number of nitrogens with zero attached hydrogens (tertiary/aromatic N) is 3. The summed E-state index contributed by atoms with van der Waals surface area (Å²) in [5.74, 6) is 0.954. The molecular formula is C26H32N4O2. The number of carbonyl (C=O) groups excluding carboxylic acids is 2. The molecule has 32 heavy (non-hydrogen) atoms. The summed E-state index contributed by atoms with van der Waals surface area (Å²) in [4.78, 5) is 32.3. The van der Waals surface area contributed by atoms with E-state index in [2.05, 4.69) is 9.88 Å². The van der Waals surface area contributed by atoms with E-state index in [-0.39, 0.29) is 17.9 Å². The van der Waals surface area contributed by atoms with Crippen molar-refractivity contribution in [3.8, 4) is 0 Å². The summed E-state index contributed by atoms with van der Waals surface area (Å²) in [6, 6.07) is 17.4. The first-order valence-electron chi connectivity index (χ1n) is 11.7. The summed E-state index contributed by atoms with van der Waals surface area (Å²) >= 11 is 0. The number of para-hydroxylation sites is 2. The van der Waals surface area contributed by atoms with Gasteiger partial charge in [-0.15, -0.1) is 0 Å². The molecule has 0 saturated carbocycles. The molecule has 1 N–H and O–H groups in total. The van der Waals surface area contributed by atoms with E-state index in [0.29, 0.717) is 19.4 Å². The first-order valence-corrected chi connectivity index (χ1v) is 11.7. The molecule has 4 rings (SSSR count). The SMILES string of the molecule is CC(NC(=O)Cc1ccccc1)c1nc2ccccc2n1CCC(=O)N1CCCCCC1. The van der Waals surface area contributed by atoms with Crippen LogP contribution in [0.2, 0.25) is 0 Å². The van der Waals surface area contributed by atoms with Crippen molar-refractivity contribution in [2.75, 3.05) is 13.1 Å². The number of imidazole rings is 1. The summed E-state index contributed by atoms with van der Waals surface area (Å²) in [5, 5.41) is 3.09. The number of carbonyl (C=O) groups is 2. The first kappa shape index (κ1) is 22.1. The lowest BCUT2D eigenvalue weighted by Crippen LogP contribution is -2.33. The van der Waals surface area contributed by atoms with Gasteiger partial charge in [0, 0.05) is 26.1 Å². The number of hydrogen-bond acceptors (Lipinski definition) is 3. The lowest BCUT2D eigenvalue weighted by Gasteiger charge is -2.21. The molecule has 0 spiro atoms. The number of benzene rings is 2. The van der Waals surface area contributed by atoms with Gasteiger partial charge in [0.15, 0.2) is 0 Å². The lowest BCUT2D eigenvalue weighted by atomic mass is 10.1. The van der Waals surface area contributed by atoms with Gasteiger partial charge in [-0.2, -0.15) is 0 Å². The Morgan fingerprint density at radius 2 is 1.66 bits per heavy atom. The van der Waals surface area contributed by atoms with E-state index in [0.717, 1.165) is 48.4 Å². The molecule has 1 unspecified atom stereocenters. The maximum Gasteiger partial charge on any atom is 0.224 e. The molecule has 1 saturated heterocycles. The minimum atomic E-state index is -0.257. The Labute approximate surface area is 189 Å². The second-order valence-electron chi connectivity index (χ2n) is 8.61. The van der Waals surface area contributed by atoms with E-state index in [9.17, 15) is 9.59 Å². The van der Waals surface area contributed by atoms with E-state index >= 15 is 0 Å². The number of aromatic nitrogens is 2. The Balaban J connectivity index is 1.48. The van der Waals surface area contributed by atoms with Crippen LogP contribution in [0, 0.1) is 0 Å². The number of fused-ring (bicyclic) bond motifs is 1. The molecule has 168 valence electrons. The predicted octanol–water partition coefficient (Wildman–Crippen LogP) is 4.25. The number of nitrogens with one attached hydrogen (secondary N) is 1. The van der Waals surface area contributed by atoms with Crippen molar-refractivity contribution >= 4 is 22.8 Å². The maximum atomic E-state index is 12.9. The van der Waals surface area contributed by atoms with E-state index in [1.165, 1.54) is 12.8 Å². The van der Waals surface area contributed by atoms with Gasteiger partial charge in [-0.3, -0.25) is 9.59 Å². The van der Waals surface area contributed by atoms with Crippen molar-refractivity contribution < 1.29 is 9.59 Å². The van der Waals surface area contributed by atoms with Crippen LogP contribution in [0.3, 0.4) is 0 Å². The molecule has 0 radical (unpaired) electrons. The van der Waals surface area contributed by atoms with Crippen molar-refractivity contribution in [1.29, 1.82) is 0 Å². The molecule has 1 fully saturated rings. The highest BCUT2D eigenvalue weighted by molar-refractivity contribution is 5.80. The van der Waals surface area contributed by atoms with E-state index in [1.807, 2.05) is 66.4 Å². The highest BCUT2D eigenvalue weighted by Gasteiger charge is 2.21. The third-order valence-corrected chi connectivity index (χ3v) is 6.16. The molecule has 6 heteroatoms. The molecule has 1 aromatic heterocycles. The van der Waals surface area contributed by atoms with Gasteiger partial charge in [0.1, 0.15) is 5.82 Å². The zero-order chi connectivity index (χ0) is 22.3. The number of likely N-dealkylation sites (tertiary alicyclic amines) is 1. The minimum absolute atomic E-state index is 0.0389. The number of rotatable bonds is 7. The van der Waals surface area contributed by atoms with Gasteiger partial charge in [0.05, 0.1) is 23.5 Å². The molecule has 0 bridgehead atoms. The van der Waals surface area contributed by atoms with Crippen LogP contribution in [0.1, 0.15) is 56.5 Å². The summed E-state index contributed by atoms with van der Waals surface area (Å²) in [5.41, 5.74) is 2.86. The summed E-state index contributed by atoms with van der Waals surface area (Å²) in [6.07, 6.45) is 5.38. The fourth-order valence-corrected chi connectivity index (χ4v) is 4.48. The van der Waals surface area contributed by atoms with Crippen LogP contribution in [0.15, 0.2) is 54.6 Å². The average molecular weight is 433 g/mol. The van der Waals surface area contributed by atoms with Crippen LogP contribution < -0.4 is 5.32 Å². The molecule has 1 aliphatic heterocycles. The quantitative estimate of drug-likeness (QED) is 0.607. The van der Waals surface area contributed by atoms with Crippen LogP contribution in [-0.2, 0) is 22.6 Å². The van der Waals surface area contributed by atoms with Crippen LogP contribution >= 0.6 is 0 Å². The van der Waals surface area contributed by atoms with Crippen LogP contribution in [0.5, 0.6) is 0 Å². The molecule has 6 nitrogen and oxygen atoms in total. The fourth-order valence-electron chi connectivity index (χ4n) is 4.48. The van der Waals surface area contributed by atoms with Gasteiger partial charge in [0.2, 0.25) is 11.8 Å². The van der Waals surface area contributed by atoms with Crippen molar-refractivity contribution in [2.45, 2.75) is 58.0 Å². The lowest BCUT2D eigenvalue weighted by molar-refractivity contribution is -0.131. The highest BCUT2D eigenvalue weighted by atomic mass is 16.2. The van der Waals surface area contributed by atoms with Crippen molar-refractivity contribution in [1.82, 2.24) is 19.8 Å². The normalized spacial score (nSPS) is 15.3. The van der Waals surface area contributed by atoms with Crippen LogP contribution in [0.4, 0.5) is 0 Å². The van der Waals surface area contributed by atoms with Crippen molar-refractivity contribution in [3.63, 3.8) is 0 Å². The largest absolute Gasteiger partial charge is 0.346 e. The number of hydrogen-bond donors (Lipinski definition) is 1. The van der Waals surface area contributed by atoms with Gasteiger partial charge >= 0.3 is 0 Å². The van der Waals surface area contributed by atoms with E-state index < -0.39 is 0 Å². The fraction of sp³-hybridized carbons (Fsp3) is 0.423. The Kier molecular flexibility index (Phi) is 7.20. The Morgan fingerprint density at radius 3 is 2.41 bits per heavy atom. The van der Waals surface area contributed by atoms with Crippen molar-refractivity contribution in [2.24, 2.45) is 0 Å². The predicted molar refractivity (Wildman–Crippen MR) is 126 cm³/mol. The maximum absolute atomic E-state index is 12.9. The molecule has 3 aromatic rings. The molecule has 2 heterocycles. The zero-order valence-electron chi connectivity index (χ0n) is 18.8. The van der Waals surface area contributed by atoms with Gasteiger partial charge in [-0.05, 0) is 37.5 Å². The molecule has 0 aliphatic carbocycles. The Bertz CT molecular complexity index is 1050. The molecule has 2 aromatic carbocycles. The van der Waals surface area contributed by atoms with E-state index in [1.54, 1.807) is 0 Å². The molecular weight excluding hydrogens is 400 g/mol. The topological polar surface area (TPSA) is 67.2 Å². The standard InChI is InChI=1S/C26H32N4O2/c1-20(27-24(31)19-21-11-5-4-6-12-21)26-28-22-13-7-8-14-23(22)30(26)18-15-25(32)29-16-9-2-3-10-17-29/h4-8,11-14,20H,2-3,9-10,15-19H2,1H3,(H,27,31). The molecule has 1 aliphatic rings. The molecule has 1 atom stereocenters. The van der Waals surface area contributed by atoms with Crippen LogP contribution in [0.25, 0.3) is 11.0 Å². The minimum Gasteiger partial charge on any atom is -0.346 e. The second kappa shape index (κ2) is 10.4. The highest BCUT2D eigenvalue weighted by Crippen LogP contribution is 2.22. The summed E-state index contributed by atoms with van der Waals surface area (Å²) < 4.78 is 2.10. The number of aryl methyl sites for hydroxylation is 1. The smallest absolute Gasteiger partial charge is 0.224 e. The second-order valence-corrected chi connectivity index (χ2v) is 8.61. The van der Waals surface area contributed by atoms with Gasteiger partial charge < -0.3 is 14.8 Å². The zero-order valence-corrected chi connectivity index (χ0v) is 18.8. The average Bonchev–Trinajstić information content (AvgIpc) is 2.96. The third-order valence-electron chi connectivity index (χ3n) is 6.16. The third kappa shape index (κ3) is 5.36. The monoisotopic (exact) mass is 432 g/mol. The van der Waals surface area contributed by atoms with E-state index in [4.69, 9.17) is 4.98 Å². The Hall–Kier alpha value is -3.15.